The molecular weight excluding hydrogens is 574 g/mol. The number of hydrogen-bond acceptors (Lipinski definition) is 8. The van der Waals surface area contributed by atoms with Crippen LogP contribution in [0.2, 0.25) is 5.02 Å². The summed E-state index contributed by atoms with van der Waals surface area (Å²) in [6.45, 7) is 3.09. The van der Waals surface area contributed by atoms with Crippen molar-refractivity contribution in [2.24, 2.45) is 10.1 Å². The molecule has 0 bridgehead atoms. The second-order valence-corrected chi connectivity index (χ2v) is 11.2. The largest absolute Gasteiger partial charge is 0.470 e. The SMILES string of the molecule is Cc1sc2c(c1C)C(c1ccc(Cl)cc1)=N[C@@H](CC(=O)Nc1ccc3c(c1)CO/C3=N\OC(F)F)c1nnc(C)n1-2. The lowest BCUT2D eigenvalue weighted by Gasteiger charge is -2.13. The maximum atomic E-state index is 13.4. The van der Waals surface area contributed by atoms with Gasteiger partial charge in [0.15, 0.2) is 5.82 Å². The van der Waals surface area contributed by atoms with Gasteiger partial charge in [-0.15, -0.1) is 21.5 Å². The summed E-state index contributed by atoms with van der Waals surface area (Å²) in [5.41, 5.74) is 5.44. The first kappa shape index (κ1) is 27.0. The normalized spacial score (nSPS) is 16.5. The quantitative estimate of drug-likeness (QED) is 0.265. The van der Waals surface area contributed by atoms with Crippen molar-refractivity contribution in [3.8, 4) is 5.00 Å². The lowest BCUT2D eigenvalue weighted by molar-refractivity contribution is -0.129. The summed E-state index contributed by atoms with van der Waals surface area (Å²) in [5.74, 6) is 0.959. The van der Waals surface area contributed by atoms with E-state index >= 15 is 0 Å². The van der Waals surface area contributed by atoms with E-state index in [-0.39, 0.29) is 24.8 Å². The van der Waals surface area contributed by atoms with Gasteiger partial charge >= 0.3 is 6.61 Å². The molecule has 0 fully saturated rings. The predicted molar refractivity (Wildman–Crippen MR) is 151 cm³/mol. The maximum Gasteiger partial charge on any atom is 0.408 e. The molecule has 41 heavy (non-hydrogen) atoms. The summed E-state index contributed by atoms with van der Waals surface area (Å²) in [5, 5.41) is 16.6. The molecule has 4 heterocycles. The van der Waals surface area contributed by atoms with Crippen LogP contribution >= 0.6 is 22.9 Å². The van der Waals surface area contributed by atoms with E-state index in [0.717, 1.165) is 32.3 Å². The first-order valence-electron chi connectivity index (χ1n) is 12.6. The van der Waals surface area contributed by atoms with Gasteiger partial charge in [-0.3, -0.25) is 14.4 Å². The number of fused-ring (bicyclic) bond motifs is 4. The van der Waals surface area contributed by atoms with Gasteiger partial charge in [-0.2, -0.15) is 8.78 Å². The molecule has 1 atom stereocenters. The van der Waals surface area contributed by atoms with E-state index in [9.17, 15) is 13.6 Å². The second-order valence-electron chi connectivity index (χ2n) is 9.58. The van der Waals surface area contributed by atoms with E-state index < -0.39 is 12.7 Å². The molecule has 13 heteroatoms. The van der Waals surface area contributed by atoms with Gasteiger partial charge in [-0.25, -0.2) is 0 Å². The number of amides is 1. The van der Waals surface area contributed by atoms with Gasteiger partial charge in [0.2, 0.25) is 5.91 Å². The molecule has 2 aromatic carbocycles. The maximum absolute atomic E-state index is 13.4. The number of aryl methyl sites for hydroxylation is 2. The predicted octanol–water partition coefficient (Wildman–Crippen LogP) is 6.26. The third-order valence-electron chi connectivity index (χ3n) is 6.93. The number of aliphatic imine (C=N–C) groups is 1. The van der Waals surface area contributed by atoms with Crippen LogP contribution in [0.25, 0.3) is 5.00 Å². The average molecular weight is 597 g/mol. The molecule has 0 radical (unpaired) electrons. The first-order chi connectivity index (χ1) is 19.7. The van der Waals surface area contributed by atoms with Gasteiger partial charge in [0.25, 0.3) is 5.90 Å². The highest BCUT2D eigenvalue weighted by molar-refractivity contribution is 7.15. The van der Waals surface area contributed by atoms with Crippen molar-refractivity contribution < 1.29 is 23.1 Å². The number of halogens is 3. The number of aromatic nitrogens is 3. The fraction of sp³-hybridized carbons (Fsp3) is 0.250. The lowest BCUT2D eigenvalue weighted by Crippen LogP contribution is -2.17. The number of hydrogen-bond donors (Lipinski definition) is 1. The molecule has 2 aliphatic rings. The van der Waals surface area contributed by atoms with Crippen LogP contribution in [0.4, 0.5) is 14.5 Å². The summed E-state index contributed by atoms with van der Waals surface area (Å²) in [7, 11) is 0. The Morgan fingerprint density at radius 3 is 2.76 bits per heavy atom. The Morgan fingerprint density at radius 2 is 2.00 bits per heavy atom. The number of anilines is 1. The highest BCUT2D eigenvalue weighted by Crippen LogP contribution is 2.39. The zero-order valence-corrected chi connectivity index (χ0v) is 23.7. The van der Waals surface area contributed by atoms with Gasteiger partial charge in [-0.1, -0.05) is 23.7 Å². The van der Waals surface area contributed by atoms with Crippen molar-refractivity contribution >= 4 is 46.1 Å². The minimum Gasteiger partial charge on any atom is -0.470 e. The molecule has 1 amide bonds. The molecule has 0 unspecified atom stereocenters. The Bertz CT molecular complexity index is 1730. The standard InChI is InChI=1S/C28H23ClF2N6O3S/c1-13-14(2)41-27-23(13)24(16-4-6-18(29)7-5-16)33-21(25-35-34-15(3)37(25)27)11-22(38)32-19-8-9-20-17(10-19)12-39-26(20)36-40-28(30)31/h4-10,21,28H,11-12H2,1-3H3,(H,32,38)/b36-26-/t21-/m0/s1. The molecule has 0 aliphatic carbocycles. The molecule has 1 N–H and O–H groups in total. The molecular formula is C28H23ClF2N6O3S. The van der Waals surface area contributed by atoms with Gasteiger partial charge in [0.1, 0.15) is 23.5 Å². The number of ether oxygens (including phenoxy) is 1. The molecule has 6 rings (SSSR count). The Labute approximate surface area is 242 Å². The molecule has 4 aromatic rings. The summed E-state index contributed by atoms with van der Waals surface area (Å²) < 4.78 is 32.1. The van der Waals surface area contributed by atoms with Crippen LogP contribution in [0.1, 0.15) is 56.8 Å². The average Bonchev–Trinajstić information content (AvgIpc) is 3.58. The minimum atomic E-state index is -3.05. The van der Waals surface area contributed by atoms with Crippen LogP contribution in [-0.2, 0) is 21.0 Å². The fourth-order valence-electron chi connectivity index (χ4n) is 4.91. The van der Waals surface area contributed by atoms with Gasteiger partial charge in [0.05, 0.1) is 12.1 Å². The third kappa shape index (κ3) is 5.08. The summed E-state index contributed by atoms with van der Waals surface area (Å²) >= 11 is 7.81. The van der Waals surface area contributed by atoms with E-state index in [2.05, 4.69) is 39.4 Å². The van der Waals surface area contributed by atoms with Crippen molar-refractivity contribution in [3.05, 3.63) is 91.8 Å². The van der Waals surface area contributed by atoms with Crippen LogP contribution in [0.15, 0.2) is 52.6 Å². The number of rotatable bonds is 6. The van der Waals surface area contributed by atoms with Crippen LogP contribution < -0.4 is 5.32 Å². The van der Waals surface area contributed by atoms with E-state index in [4.69, 9.17) is 21.3 Å². The highest BCUT2D eigenvalue weighted by Gasteiger charge is 2.32. The molecule has 210 valence electrons. The van der Waals surface area contributed by atoms with Gasteiger partial charge in [0, 0.05) is 37.8 Å². The van der Waals surface area contributed by atoms with E-state index in [1.54, 1.807) is 29.5 Å². The van der Waals surface area contributed by atoms with Crippen molar-refractivity contribution in [1.82, 2.24) is 14.8 Å². The summed E-state index contributed by atoms with van der Waals surface area (Å²) in [6.07, 6.45) is 0.00468. The Hall–Kier alpha value is -4.16. The van der Waals surface area contributed by atoms with Crippen molar-refractivity contribution in [2.45, 2.75) is 46.5 Å². The van der Waals surface area contributed by atoms with Crippen molar-refractivity contribution in [1.29, 1.82) is 0 Å². The van der Waals surface area contributed by atoms with Crippen LogP contribution in [0, 0.1) is 20.8 Å². The van der Waals surface area contributed by atoms with E-state index in [1.165, 1.54) is 0 Å². The number of benzene rings is 2. The number of alkyl halides is 2. The third-order valence-corrected chi connectivity index (χ3v) is 8.38. The molecule has 0 saturated carbocycles. The van der Waals surface area contributed by atoms with E-state index in [1.807, 2.05) is 35.8 Å². The smallest absolute Gasteiger partial charge is 0.408 e. The Kier molecular flexibility index (Phi) is 7.04. The number of oxime groups is 1. The molecule has 0 saturated heterocycles. The molecule has 2 aromatic heterocycles. The fourth-order valence-corrected chi connectivity index (χ4v) is 6.25. The van der Waals surface area contributed by atoms with Crippen LogP contribution in [0.3, 0.4) is 0 Å². The summed E-state index contributed by atoms with van der Waals surface area (Å²) in [6, 6.07) is 11.9. The number of nitrogens with one attached hydrogen (secondary N) is 1. The zero-order chi connectivity index (χ0) is 28.8. The molecule has 9 nitrogen and oxygen atoms in total. The molecule has 0 spiro atoms. The number of carbonyl (C=O) groups is 1. The molecule has 2 aliphatic heterocycles. The number of thiophene rings is 1. The van der Waals surface area contributed by atoms with E-state index in [0.29, 0.717) is 33.5 Å². The van der Waals surface area contributed by atoms with Crippen molar-refractivity contribution in [2.75, 3.05) is 5.32 Å². The van der Waals surface area contributed by atoms with Gasteiger partial charge in [-0.05, 0) is 61.8 Å². The second kappa shape index (κ2) is 10.7. The zero-order valence-electron chi connectivity index (χ0n) is 22.1. The Morgan fingerprint density at radius 1 is 1.22 bits per heavy atom. The minimum absolute atomic E-state index is 0.00468. The Balaban J connectivity index is 1.33. The summed E-state index contributed by atoms with van der Waals surface area (Å²) in [4.78, 5) is 23.6. The highest BCUT2D eigenvalue weighted by atomic mass is 35.5. The first-order valence-corrected chi connectivity index (χ1v) is 13.8. The number of nitrogens with zero attached hydrogens (tertiary/aromatic N) is 5. The lowest BCUT2D eigenvalue weighted by atomic mass is 9.99. The van der Waals surface area contributed by atoms with Crippen molar-refractivity contribution in [3.63, 3.8) is 0 Å². The van der Waals surface area contributed by atoms with Crippen LogP contribution in [-0.4, -0.2) is 38.9 Å². The topological polar surface area (TPSA) is 103 Å². The van der Waals surface area contributed by atoms with Gasteiger partial charge < -0.3 is 14.9 Å². The van der Waals surface area contributed by atoms with Crippen LogP contribution in [0.5, 0.6) is 0 Å². The monoisotopic (exact) mass is 596 g/mol. The number of carbonyl (C=O) groups excluding carboxylic acids is 1.